The molecular formula is C16H26N2O3. The van der Waals surface area contributed by atoms with Crippen molar-refractivity contribution < 1.29 is 14.7 Å². The average Bonchev–Trinajstić information content (AvgIpc) is 3.31. The van der Waals surface area contributed by atoms with Gasteiger partial charge in [-0.05, 0) is 50.4 Å². The lowest BCUT2D eigenvalue weighted by atomic mass is 10.1. The molecule has 0 radical (unpaired) electrons. The molecule has 2 aliphatic carbocycles. The molecule has 0 aromatic heterocycles. The van der Waals surface area contributed by atoms with Crippen molar-refractivity contribution in [1.82, 2.24) is 9.80 Å². The fourth-order valence-electron chi connectivity index (χ4n) is 3.23. The van der Waals surface area contributed by atoms with Crippen LogP contribution in [-0.4, -0.2) is 52.6 Å². The molecule has 0 aromatic carbocycles. The average molecular weight is 294 g/mol. The summed E-state index contributed by atoms with van der Waals surface area (Å²) >= 11 is 0. The van der Waals surface area contributed by atoms with Crippen LogP contribution in [-0.2, 0) is 4.79 Å². The predicted molar refractivity (Wildman–Crippen MR) is 79.0 cm³/mol. The second-order valence-corrected chi connectivity index (χ2v) is 6.97. The first-order chi connectivity index (χ1) is 10.1. The van der Waals surface area contributed by atoms with Gasteiger partial charge in [-0.1, -0.05) is 12.8 Å². The number of carboxylic acid groups (broad SMARTS) is 1. The van der Waals surface area contributed by atoms with E-state index in [1.165, 1.54) is 25.7 Å². The van der Waals surface area contributed by atoms with Crippen molar-refractivity contribution in [2.24, 2.45) is 11.8 Å². The smallest absolute Gasteiger partial charge is 0.326 e. The molecule has 21 heavy (non-hydrogen) atoms. The Hall–Kier alpha value is -1.26. The van der Waals surface area contributed by atoms with E-state index in [2.05, 4.69) is 0 Å². The number of hydrogen-bond donors (Lipinski definition) is 1. The van der Waals surface area contributed by atoms with Crippen molar-refractivity contribution in [1.29, 1.82) is 0 Å². The van der Waals surface area contributed by atoms with Crippen LogP contribution < -0.4 is 0 Å². The maximum atomic E-state index is 12.9. The molecule has 5 nitrogen and oxygen atoms in total. The summed E-state index contributed by atoms with van der Waals surface area (Å²) in [6.07, 6.45) is 8.34. The van der Waals surface area contributed by atoms with Crippen LogP contribution in [0.5, 0.6) is 0 Å². The minimum absolute atomic E-state index is 0.0249. The predicted octanol–water partition coefficient (Wildman–Crippen LogP) is 2.56. The van der Waals surface area contributed by atoms with Gasteiger partial charge in [0.15, 0.2) is 0 Å². The Morgan fingerprint density at radius 2 is 1.57 bits per heavy atom. The minimum atomic E-state index is -0.844. The molecular weight excluding hydrogens is 268 g/mol. The highest BCUT2D eigenvalue weighted by molar-refractivity contribution is 5.82. The van der Waals surface area contributed by atoms with E-state index in [4.69, 9.17) is 0 Å². The van der Waals surface area contributed by atoms with Crippen LogP contribution in [0.4, 0.5) is 4.79 Å². The van der Waals surface area contributed by atoms with E-state index < -0.39 is 12.0 Å². The number of carbonyl (C=O) groups excluding carboxylic acids is 1. The van der Waals surface area contributed by atoms with Gasteiger partial charge in [-0.25, -0.2) is 9.59 Å². The van der Waals surface area contributed by atoms with Gasteiger partial charge in [-0.15, -0.1) is 0 Å². The third-order valence-electron chi connectivity index (χ3n) is 4.91. The van der Waals surface area contributed by atoms with E-state index in [-0.39, 0.29) is 6.03 Å². The monoisotopic (exact) mass is 294 g/mol. The van der Waals surface area contributed by atoms with Crippen LogP contribution in [0.15, 0.2) is 0 Å². The summed E-state index contributed by atoms with van der Waals surface area (Å²) in [4.78, 5) is 28.0. The molecule has 5 heteroatoms. The van der Waals surface area contributed by atoms with Crippen LogP contribution >= 0.6 is 0 Å². The van der Waals surface area contributed by atoms with Gasteiger partial charge < -0.3 is 14.9 Å². The number of amides is 2. The zero-order valence-corrected chi connectivity index (χ0v) is 12.7. The first kappa shape index (κ1) is 14.7. The van der Waals surface area contributed by atoms with Crippen LogP contribution in [0.2, 0.25) is 0 Å². The van der Waals surface area contributed by atoms with E-state index >= 15 is 0 Å². The molecule has 1 unspecified atom stereocenters. The van der Waals surface area contributed by atoms with Gasteiger partial charge in [0, 0.05) is 19.6 Å². The quantitative estimate of drug-likeness (QED) is 0.847. The van der Waals surface area contributed by atoms with Gasteiger partial charge in [-0.3, -0.25) is 0 Å². The fraction of sp³-hybridized carbons (Fsp3) is 0.875. The van der Waals surface area contributed by atoms with E-state index in [0.717, 1.165) is 32.4 Å². The molecule has 1 aliphatic heterocycles. The molecule has 2 saturated carbocycles. The first-order valence-electron chi connectivity index (χ1n) is 8.43. The van der Waals surface area contributed by atoms with E-state index in [1.807, 2.05) is 4.90 Å². The van der Waals surface area contributed by atoms with Crippen molar-refractivity contribution in [3.05, 3.63) is 0 Å². The molecule has 118 valence electrons. The highest BCUT2D eigenvalue weighted by Crippen LogP contribution is 2.34. The zero-order valence-electron chi connectivity index (χ0n) is 12.7. The lowest BCUT2D eigenvalue weighted by Crippen LogP contribution is -2.51. The van der Waals surface area contributed by atoms with Crippen LogP contribution in [0.25, 0.3) is 0 Å². The molecule has 0 spiro atoms. The summed E-state index contributed by atoms with van der Waals surface area (Å²) in [5.41, 5.74) is 0. The maximum Gasteiger partial charge on any atom is 0.326 e. The Morgan fingerprint density at radius 3 is 2.10 bits per heavy atom. The van der Waals surface area contributed by atoms with Gasteiger partial charge in [-0.2, -0.15) is 0 Å². The number of aliphatic carboxylic acids is 1. The Labute approximate surface area is 126 Å². The lowest BCUT2D eigenvalue weighted by Gasteiger charge is -2.33. The number of hydrogen-bond acceptors (Lipinski definition) is 2. The minimum Gasteiger partial charge on any atom is -0.480 e. The Kier molecular flexibility index (Phi) is 4.36. The number of urea groups is 1. The molecule has 3 fully saturated rings. The highest BCUT2D eigenvalue weighted by atomic mass is 16.4. The number of nitrogens with zero attached hydrogens (tertiary/aromatic N) is 2. The number of carboxylic acids is 1. The topological polar surface area (TPSA) is 60.9 Å². The Bertz CT molecular complexity index is 390. The molecule has 0 bridgehead atoms. The zero-order chi connectivity index (χ0) is 14.8. The molecule has 1 atom stereocenters. The van der Waals surface area contributed by atoms with Gasteiger partial charge in [0.25, 0.3) is 0 Å². The molecule has 3 aliphatic rings. The number of carbonyl (C=O) groups is 2. The van der Waals surface area contributed by atoms with Gasteiger partial charge >= 0.3 is 12.0 Å². The van der Waals surface area contributed by atoms with E-state index in [9.17, 15) is 14.7 Å². The normalized spacial score (nSPS) is 26.3. The molecule has 1 N–H and O–H groups in total. The first-order valence-corrected chi connectivity index (χ1v) is 8.43. The SMILES string of the molecule is O=C(O)C1CCCCCN1C(=O)N(CC1CC1)CC1CC1. The summed E-state index contributed by atoms with van der Waals surface area (Å²) in [6, 6.07) is -0.649. The van der Waals surface area contributed by atoms with Crippen molar-refractivity contribution in [3.63, 3.8) is 0 Å². The molecule has 2 amide bonds. The fourth-order valence-corrected chi connectivity index (χ4v) is 3.23. The highest BCUT2D eigenvalue weighted by Gasteiger charge is 2.37. The standard InChI is InChI=1S/C16H26N2O3/c19-15(20)14-4-2-1-3-9-18(14)16(21)17(10-12-5-6-12)11-13-7-8-13/h12-14H,1-11H2,(H,19,20). The largest absolute Gasteiger partial charge is 0.480 e. The summed E-state index contributed by atoms with van der Waals surface area (Å²) in [7, 11) is 0. The third-order valence-corrected chi connectivity index (χ3v) is 4.91. The van der Waals surface area contributed by atoms with Crippen LogP contribution in [0, 0.1) is 11.8 Å². The summed E-state index contributed by atoms with van der Waals surface area (Å²) in [5, 5.41) is 9.44. The Balaban J connectivity index is 1.69. The van der Waals surface area contributed by atoms with Crippen molar-refractivity contribution >= 4 is 12.0 Å². The van der Waals surface area contributed by atoms with Crippen LogP contribution in [0.1, 0.15) is 51.4 Å². The second-order valence-electron chi connectivity index (χ2n) is 6.97. The lowest BCUT2D eigenvalue weighted by molar-refractivity contribution is -0.142. The summed E-state index contributed by atoms with van der Waals surface area (Å²) < 4.78 is 0. The van der Waals surface area contributed by atoms with Gasteiger partial charge in [0.2, 0.25) is 0 Å². The van der Waals surface area contributed by atoms with Gasteiger partial charge in [0.1, 0.15) is 6.04 Å². The molecule has 1 heterocycles. The third kappa shape index (κ3) is 3.89. The Morgan fingerprint density at radius 1 is 0.952 bits per heavy atom. The van der Waals surface area contributed by atoms with E-state index in [1.54, 1.807) is 4.90 Å². The second kappa shape index (κ2) is 6.24. The maximum absolute atomic E-state index is 12.9. The molecule has 1 saturated heterocycles. The van der Waals surface area contributed by atoms with Gasteiger partial charge in [0.05, 0.1) is 0 Å². The van der Waals surface area contributed by atoms with Crippen LogP contribution in [0.3, 0.4) is 0 Å². The van der Waals surface area contributed by atoms with Crippen molar-refractivity contribution in [2.75, 3.05) is 19.6 Å². The van der Waals surface area contributed by atoms with E-state index in [0.29, 0.717) is 24.8 Å². The summed E-state index contributed by atoms with van der Waals surface area (Å²) in [5.74, 6) is 0.467. The van der Waals surface area contributed by atoms with Crippen molar-refractivity contribution in [2.45, 2.75) is 57.4 Å². The number of rotatable bonds is 5. The number of likely N-dealkylation sites (tertiary alicyclic amines) is 1. The molecule has 0 aromatic rings. The molecule has 3 rings (SSSR count). The summed E-state index contributed by atoms with van der Waals surface area (Å²) in [6.45, 7) is 2.26. The van der Waals surface area contributed by atoms with Crippen molar-refractivity contribution in [3.8, 4) is 0 Å².